The van der Waals surface area contributed by atoms with Crippen molar-refractivity contribution in [2.24, 2.45) is 0 Å². The largest absolute Gasteiger partial charge is 0.289 e. The summed E-state index contributed by atoms with van der Waals surface area (Å²) in [5.41, 5.74) is 2.66. The summed E-state index contributed by atoms with van der Waals surface area (Å²) in [4.78, 5) is 24.6. The van der Waals surface area contributed by atoms with Gasteiger partial charge in [0.25, 0.3) is 5.24 Å². The van der Waals surface area contributed by atoms with Crippen LogP contribution in [0.4, 0.5) is 0 Å². The van der Waals surface area contributed by atoms with E-state index in [1.165, 1.54) is 0 Å². The minimum Gasteiger partial charge on any atom is -0.289 e. The molecule has 0 N–H and O–H groups in total. The van der Waals surface area contributed by atoms with E-state index in [-0.39, 0.29) is 5.78 Å². The predicted octanol–water partition coefficient (Wildman–Crippen LogP) is 3.90. The van der Waals surface area contributed by atoms with Gasteiger partial charge >= 0.3 is 0 Å². The van der Waals surface area contributed by atoms with E-state index in [0.29, 0.717) is 16.9 Å². The standard InChI is InChI=1S/C15H9ClO2S/c16-15(18)9-5-6-11-10(7-9)8-19-13-4-2-1-3-12(13)14(11)17/h1-7H,8H2. The van der Waals surface area contributed by atoms with Crippen LogP contribution >= 0.6 is 23.4 Å². The van der Waals surface area contributed by atoms with Gasteiger partial charge in [0.05, 0.1) is 0 Å². The van der Waals surface area contributed by atoms with Crippen molar-refractivity contribution in [1.82, 2.24) is 0 Å². The lowest BCUT2D eigenvalue weighted by Gasteiger charge is -2.05. The topological polar surface area (TPSA) is 34.1 Å². The number of thioether (sulfide) groups is 1. The number of benzene rings is 2. The van der Waals surface area contributed by atoms with Crippen LogP contribution in [-0.4, -0.2) is 11.0 Å². The van der Waals surface area contributed by atoms with E-state index >= 15 is 0 Å². The second kappa shape index (κ2) is 4.83. The summed E-state index contributed by atoms with van der Waals surface area (Å²) in [6, 6.07) is 12.6. The van der Waals surface area contributed by atoms with Crippen molar-refractivity contribution in [3.05, 3.63) is 64.7 Å². The summed E-state index contributed by atoms with van der Waals surface area (Å²) in [7, 11) is 0. The summed E-state index contributed by atoms with van der Waals surface area (Å²) >= 11 is 7.08. The van der Waals surface area contributed by atoms with Gasteiger partial charge < -0.3 is 0 Å². The molecule has 0 saturated carbocycles. The third-order valence-corrected chi connectivity index (χ3v) is 4.43. The van der Waals surface area contributed by atoms with Crippen LogP contribution in [0.5, 0.6) is 0 Å². The third-order valence-electron chi connectivity index (χ3n) is 3.09. The van der Waals surface area contributed by atoms with Crippen LogP contribution in [0.15, 0.2) is 47.4 Å². The Bertz CT molecular complexity index is 694. The Morgan fingerprint density at radius 1 is 1.11 bits per heavy atom. The quantitative estimate of drug-likeness (QED) is 0.746. The lowest BCUT2D eigenvalue weighted by Crippen LogP contribution is -2.04. The van der Waals surface area contributed by atoms with E-state index in [1.54, 1.807) is 30.0 Å². The van der Waals surface area contributed by atoms with Crippen LogP contribution in [0.2, 0.25) is 0 Å². The normalized spacial score (nSPS) is 13.4. The number of rotatable bonds is 1. The molecule has 0 unspecified atom stereocenters. The molecular formula is C15H9ClO2S. The molecule has 1 heterocycles. The smallest absolute Gasteiger partial charge is 0.252 e. The molecule has 0 atom stereocenters. The summed E-state index contributed by atoms with van der Waals surface area (Å²) in [6.45, 7) is 0. The number of carbonyl (C=O) groups excluding carboxylic acids is 2. The Kier molecular flexibility index (Phi) is 3.17. The van der Waals surface area contributed by atoms with Crippen LogP contribution in [0, 0.1) is 0 Å². The molecule has 1 aliphatic rings. The highest BCUT2D eigenvalue weighted by Gasteiger charge is 2.21. The van der Waals surface area contributed by atoms with Gasteiger partial charge in [-0.05, 0) is 47.5 Å². The molecule has 0 aliphatic carbocycles. The summed E-state index contributed by atoms with van der Waals surface area (Å²) in [5.74, 6) is 0.667. The fourth-order valence-corrected chi connectivity index (χ4v) is 3.30. The van der Waals surface area contributed by atoms with E-state index < -0.39 is 5.24 Å². The van der Waals surface area contributed by atoms with Gasteiger partial charge in [0, 0.05) is 27.3 Å². The first-order valence-corrected chi connectivity index (χ1v) is 7.12. The first-order valence-electron chi connectivity index (χ1n) is 5.76. The molecule has 0 aromatic heterocycles. The Hall–Kier alpha value is -1.58. The van der Waals surface area contributed by atoms with E-state index in [2.05, 4.69) is 0 Å². The molecule has 0 bridgehead atoms. The van der Waals surface area contributed by atoms with Crippen LogP contribution in [0.1, 0.15) is 31.8 Å². The molecule has 4 heteroatoms. The van der Waals surface area contributed by atoms with Gasteiger partial charge in [0.15, 0.2) is 5.78 Å². The number of fused-ring (bicyclic) bond motifs is 2. The van der Waals surface area contributed by atoms with Gasteiger partial charge in [-0.25, -0.2) is 0 Å². The van der Waals surface area contributed by atoms with Crippen molar-refractivity contribution in [2.45, 2.75) is 10.6 Å². The van der Waals surface area contributed by atoms with E-state index in [0.717, 1.165) is 16.0 Å². The van der Waals surface area contributed by atoms with Crippen LogP contribution < -0.4 is 0 Å². The SMILES string of the molecule is O=C(Cl)c1ccc2c(c1)CSc1ccccc1C2=O. The van der Waals surface area contributed by atoms with Crippen molar-refractivity contribution >= 4 is 34.4 Å². The second-order valence-corrected chi connectivity index (χ2v) is 5.62. The fourth-order valence-electron chi connectivity index (χ4n) is 2.14. The Morgan fingerprint density at radius 2 is 1.89 bits per heavy atom. The van der Waals surface area contributed by atoms with Gasteiger partial charge in [-0.1, -0.05) is 12.1 Å². The number of hydrogen-bond acceptors (Lipinski definition) is 3. The molecule has 0 fully saturated rings. The monoisotopic (exact) mass is 288 g/mol. The van der Waals surface area contributed by atoms with Gasteiger partial charge in [-0.3, -0.25) is 9.59 Å². The van der Waals surface area contributed by atoms with Gasteiger partial charge in [0.1, 0.15) is 0 Å². The molecule has 0 amide bonds. The van der Waals surface area contributed by atoms with Gasteiger partial charge in [-0.2, -0.15) is 0 Å². The van der Waals surface area contributed by atoms with Gasteiger partial charge in [-0.15, -0.1) is 11.8 Å². The number of hydrogen-bond donors (Lipinski definition) is 0. The maximum absolute atomic E-state index is 12.5. The molecule has 94 valence electrons. The van der Waals surface area contributed by atoms with Crippen LogP contribution in [0.3, 0.4) is 0 Å². The number of carbonyl (C=O) groups is 2. The highest BCUT2D eigenvalue weighted by molar-refractivity contribution is 7.98. The Balaban J connectivity index is 2.15. The average Bonchev–Trinajstić information content (AvgIpc) is 2.57. The molecular weight excluding hydrogens is 280 g/mol. The Labute approximate surface area is 119 Å². The average molecular weight is 289 g/mol. The maximum atomic E-state index is 12.5. The maximum Gasteiger partial charge on any atom is 0.252 e. The first-order chi connectivity index (χ1) is 9.16. The van der Waals surface area contributed by atoms with Crippen LogP contribution in [0.25, 0.3) is 0 Å². The van der Waals surface area contributed by atoms with Crippen molar-refractivity contribution in [2.75, 3.05) is 0 Å². The van der Waals surface area contributed by atoms with Crippen molar-refractivity contribution in [3.8, 4) is 0 Å². The zero-order valence-corrected chi connectivity index (χ0v) is 11.4. The number of halogens is 1. The lowest BCUT2D eigenvalue weighted by molar-refractivity contribution is 0.103. The molecule has 0 radical (unpaired) electrons. The molecule has 2 aromatic rings. The molecule has 2 aromatic carbocycles. The zero-order valence-electron chi connectivity index (χ0n) is 9.85. The molecule has 0 spiro atoms. The fraction of sp³-hybridized carbons (Fsp3) is 0.0667. The third kappa shape index (κ3) is 2.20. The van der Waals surface area contributed by atoms with Crippen molar-refractivity contribution < 1.29 is 9.59 Å². The highest BCUT2D eigenvalue weighted by Crippen LogP contribution is 2.34. The predicted molar refractivity (Wildman–Crippen MR) is 76.1 cm³/mol. The highest BCUT2D eigenvalue weighted by atomic mass is 35.5. The van der Waals surface area contributed by atoms with E-state index in [1.807, 2.05) is 24.3 Å². The summed E-state index contributed by atoms with van der Waals surface area (Å²) in [5, 5.41) is -0.498. The van der Waals surface area contributed by atoms with E-state index in [4.69, 9.17) is 11.6 Å². The van der Waals surface area contributed by atoms with Crippen LogP contribution in [-0.2, 0) is 5.75 Å². The Morgan fingerprint density at radius 3 is 2.68 bits per heavy atom. The number of ketones is 1. The lowest BCUT2D eigenvalue weighted by atomic mass is 9.97. The summed E-state index contributed by atoms with van der Waals surface area (Å²) < 4.78 is 0. The minimum absolute atomic E-state index is 0.00386. The van der Waals surface area contributed by atoms with Crippen molar-refractivity contribution in [3.63, 3.8) is 0 Å². The summed E-state index contributed by atoms with van der Waals surface area (Å²) in [6.07, 6.45) is 0. The molecule has 3 rings (SSSR count). The van der Waals surface area contributed by atoms with Crippen molar-refractivity contribution in [1.29, 1.82) is 0 Å². The molecule has 1 aliphatic heterocycles. The van der Waals surface area contributed by atoms with Gasteiger partial charge in [0.2, 0.25) is 0 Å². The minimum atomic E-state index is -0.498. The molecule has 0 saturated heterocycles. The molecule has 19 heavy (non-hydrogen) atoms. The molecule has 2 nitrogen and oxygen atoms in total. The first kappa shape index (κ1) is 12.5. The zero-order chi connectivity index (χ0) is 13.4. The van der Waals surface area contributed by atoms with E-state index in [9.17, 15) is 9.59 Å². The second-order valence-electron chi connectivity index (χ2n) is 4.26.